The van der Waals surface area contributed by atoms with Crippen LogP contribution < -0.4 is 57.1 Å². The maximum absolute atomic E-state index is 12.6. The fourth-order valence-corrected chi connectivity index (χ4v) is 3.87. The molecule has 0 saturated heterocycles. The molecule has 3 N–H and O–H groups in total. The monoisotopic (exact) mass is 421 g/mol. The summed E-state index contributed by atoms with van der Waals surface area (Å²) < 4.78 is 32.1. The molecule has 1 aliphatic rings. The van der Waals surface area contributed by atoms with Crippen molar-refractivity contribution in [2.45, 2.75) is 4.90 Å². The minimum atomic E-state index is -4.63. The van der Waals surface area contributed by atoms with Crippen LogP contribution in [0.5, 0.6) is 0 Å². The second kappa shape index (κ2) is 6.49. The summed E-state index contributed by atoms with van der Waals surface area (Å²) in [5.41, 5.74) is 5.44. The third kappa shape index (κ3) is 3.00. The minimum Gasteiger partial charge on any atom is -1.00 e. The fraction of sp³-hybridized carbons (Fsp3) is 0. The van der Waals surface area contributed by atoms with Crippen LogP contribution in [-0.2, 0) is 10.1 Å². The second-order valence-corrected chi connectivity index (χ2v) is 6.94. The molecule has 2 aromatic rings. The number of hydrogen-bond acceptors (Lipinski definition) is 5. The van der Waals surface area contributed by atoms with Gasteiger partial charge in [-0.05, 0) is 22.0 Å². The molecule has 9 heteroatoms. The zero-order valence-corrected chi connectivity index (χ0v) is 17.4. The molecule has 0 fully saturated rings. The van der Waals surface area contributed by atoms with Crippen molar-refractivity contribution in [2.75, 3.05) is 5.73 Å². The van der Waals surface area contributed by atoms with Crippen LogP contribution in [0.3, 0.4) is 0 Å². The molecular weight excluding hydrogens is 413 g/mol. The van der Waals surface area contributed by atoms with Gasteiger partial charge in [-0.2, -0.15) is 8.42 Å². The van der Waals surface area contributed by atoms with Gasteiger partial charge in [0, 0.05) is 15.6 Å². The molecule has 0 saturated carbocycles. The van der Waals surface area contributed by atoms with E-state index >= 15 is 0 Å². The molecule has 3 rings (SSSR count). The summed E-state index contributed by atoms with van der Waals surface area (Å²) in [4.78, 5) is 24.5. The summed E-state index contributed by atoms with van der Waals surface area (Å²) >= 11 is 3.08. The summed E-state index contributed by atoms with van der Waals surface area (Å²) in [5, 5.41) is 0. The molecular formula is C14H9BrKNO5S. The second-order valence-electron chi connectivity index (χ2n) is 4.70. The van der Waals surface area contributed by atoms with E-state index in [0.717, 1.165) is 6.07 Å². The minimum absolute atomic E-state index is 0. The maximum atomic E-state index is 12.6. The van der Waals surface area contributed by atoms with Crippen molar-refractivity contribution in [3.05, 3.63) is 57.1 Å². The van der Waals surface area contributed by atoms with Gasteiger partial charge >= 0.3 is 51.4 Å². The van der Waals surface area contributed by atoms with E-state index in [1.807, 2.05) is 0 Å². The molecule has 0 unspecified atom stereocenters. The Hall–Kier alpha value is -0.394. The molecule has 0 amide bonds. The zero-order chi connectivity index (χ0) is 16.2. The van der Waals surface area contributed by atoms with Crippen molar-refractivity contribution in [3.63, 3.8) is 0 Å². The van der Waals surface area contributed by atoms with Gasteiger partial charge in [-0.25, -0.2) is 0 Å². The van der Waals surface area contributed by atoms with E-state index in [1.54, 1.807) is 12.1 Å². The number of rotatable bonds is 1. The number of nitrogens with two attached hydrogens (primary N) is 1. The summed E-state index contributed by atoms with van der Waals surface area (Å²) in [6, 6.07) is 7.21. The standard InChI is InChI=1S/C14H8BrNO5S.K.H/c15-8-5-9(22(19,20)21)12(16)11-10(8)13(17)6-3-1-2-4-7(6)14(11)18;;/h1-5H,16H2,(H,19,20,21);;/q;+1;-1. The molecule has 0 atom stereocenters. The Morgan fingerprint density at radius 1 is 1.04 bits per heavy atom. The van der Waals surface area contributed by atoms with Gasteiger partial charge in [0.1, 0.15) is 4.90 Å². The predicted octanol–water partition coefficient (Wildman–Crippen LogP) is -0.830. The van der Waals surface area contributed by atoms with E-state index in [0.29, 0.717) is 0 Å². The Morgan fingerprint density at radius 3 is 2.00 bits per heavy atom. The van der Waals surface area contributed by atoms with Crippen molar-refractivity contribution in [1.82, 2.24) is 0 Å². The van der Waals surface area contributed by atoms with Crippen LogP contribution in [0.15, 0.2) is 39.7 Å². The summed E-state index contributed by atoms with van der Waals surface area (Å²) in [7, 11) is -4.63. The number of carbonyl (C=O) groups is 2. The largest absolute Gasteiger partial charge is 1.00 e. The van der Waals surface area contributed by atoms with Gasteiger partial charge in [0.25, 0.3) is 10.1 Å². The van der Waals surface area contributed by atoms with Crippen LogP contribution in [0, 0.1) is 0 Å². The van der Waals surface area contributed by atoms with E-state index in [-0.39, 0.29) is 79.5 Å². The molecule has 0 bridgehead atoms. The average Bonchev–Trinajstić information content (AvgIpc) is 2.45. The molecule has 1 aliphatic carbocycles. The Labute approximate surface area is 184 Å². The molecule has 23 heavy (non-hydrogen) atoms. The number of carbonyl (C=O) groups excluding carboxylic acids is 2. The molecule has 0 aliphatic heterocycles. The topological polar surface area (TPSA) is 115 Å². The number of nitrogen functional groups attached to an aromatic ring is 1. The van der Waals surface area contributed by atoms with Crippen molar-refractivity contribution in [3.8, 4) is 0 Å². The Morgan fingerprint density at radius 2 is 1.52 bits per heavy atom. The third-order valence-corrected chi connectivity index (χ3v) is 4.95. The van der Waals surface area contributed by atoms with Gasteiger partial charge in [0.05, 0.1) is 16.8 Å². The number of ketones is 2. The Balaban J connectivity index is 0.00000144. The third-order valence-electron chi connectivity index (χ3n) is 3.43. The quantitative estimate of drug-likeness (QED) is 0.301. The molecule has 2 aromatic carbocycles. The molecule has 6 nitrogen and oxygen atoms in total. The van der Waals surface area contributed by atoms with Crippen molar-refractivity contribution in [2.24, 2.45) is 0 Å². The number of fused-ring (bicyclic) bond motifs is 2. The van der Waals surface area contributed by atoms with Crippen molar-refractivity contribution in [1.29, 1.82) is 0 Å². The SMILES string of the molecule is Nc1c(S(=O)(=O)O)cc(Br)c2c1C(=O)c1ccccc1C2=O.[H-].[K+]. The first kappa shape index (κ1) is 18.9. The summed E-state index contributed by atoms with van der Waals surface area (Å²) in [6.07, 6.45) is 0. The van der Waals surface area contributed by atoms with Crippen LogP contribution in [0.25, 0.3) is 0 Å². The Kier molecular flexibility index (Phi) is 5.34. The molecule has 0 aromatic heterocycles. The van der Waals surface area contributed by atoms with Gasteiger partial charge in [0.15, 0.2) is 11.6 Å². The van der Waals surface area contributed by atoms with Gasteiger partial charge < -0.3 is 7.16 Å². The van der Waals surface area contributed by atoms with E-state index in [1.165, 1.54) is 12.1 Å². The first-order chi connectivity index (χ1) is 10.2. The fourth-order valence-electron chi connectivity index (χ4n) is 2.46. The van der Waals surface area contributed by atoms with E-state index in [2.05, 4.69) is 15.9 Å². The normalized spacial score (nSPS) is 13.1. The zero-order valence-electron chi connectivity index (χ0n) is 12.8. The van der Waals surface area contributed by atoms with Crippen molar-refractivity contribution < 1.29 is 75.4 Å². The number of anilines is 1. The van der Waals surface area contributed by atoms with E-state index < -0.39 is 32.3 Å². The van der Waals surface area contributed by atoms with Crippen LogP contribution in [0.4, 0.5) is 5.69 Å². The van der Waals surface area contributed by atoms with Crippen LogP contribution in [0.2, 0.25) is 0 Å². The van der Waals surface area contributed by atoms with Gasteiger partial charge in [0.2, 0.25) is 0 Å². The number of benzene rings is 2. The molecule has 0 heterocycles. The summed E-state index contributed by atoms with van der Waals surface area (Å²) in [5.74, 6) is -1.00. The number of hydrogen-bond donors (Lipinski definition) is 2. The average molecular weight is 422 g/mol. The van der Waals surface area contributed by atoms with E-state index in [9.17, 15) is 22.6 Å². The van der Waals surface area contributed by atoms with Crippen LogP contribution in [-0.4, -0.2) is 24.5 Å². The smallest absolute Gasteiger partial charge is 1.00 e. The first-order valence-corrected chi connectivity index (χ1v) is 8.24. The first-order valence-electron chi connectivity index (χ1n) is 6.01. The number of halogens is 1. The predicted molar refractivity (Wildman–Crippen MR) is 82.8 cm³/mol. The molecule has 0 spiro atoms. The van der Waals surface area contributed by atoms with Gasteiger partial charge in [-0.3, -0.25) is 14.1 Å². The van der Waals surface area contributed by atoms with Gasteiger partial charge in [-0.1, -0.05) is 24.3 Å². The van der Waals surface area contributed by atoms with E-state index in [4.69, 9.17) is 5.73 Å². The van der Waals surface area contributed by atoms with Crippen molar-refractivity contribution >= 4 is 43.3 Å². The van der Waals surface area contributed by atoms with Gasteiger partial charge in [-0.15, -0.1) is 0 Å². The molecule has 114 valence electrons. The van der Waals surface area contributed by atoms with Crippen LogP contribution >= 0.6 is 15.9 Å². The molecule has 0 radical (unpaired) electrons. The maximum Gasteiger partial charge on any atom is 1.00 e. The Bertz CT molecular complexity index is 977. The summed E-state index contributed by atoms with van der Waals surface area (Å²) in [6.45, 7) is 0. The van der Waals surface area contributed by atoms with Crippen LogP contribution in [0.1, 0.15) is 33.3 Å².